The van der Waals surface area contributed by atoms with Gasteiger partial charge < -0.3 is 10.2 Å². The first-order valence-corrected chi connectivity index (χ1v) is 9.29. The van der Waals surface area contributed by atoms with Crippen molar-refractivity contribution < 1.29 is 13.6 Å². The number of rotatable bonds is 5. The minimum atomic E-state index is -0.589. The van der Waals surface area contributed by atoms with Gasteiger partial charge in [0.05, 0.1) is 0 Å². The highest BCUT2D eigenvalue weighted by atomic mass is 35.5. The molecule has 1 aliphatic heterocycles. The third-order valence-corrected chi connectivity index (χ3v) is 4.97. The molecule has 0 spiro atoms. The van der Waals surface area contributed by atoms with Gasteiger partial charge in [-0.2, -0.15) is 0 Å². The van der Waals surface area contributed by atoms with Crippen LogP contribution >= 0.6 is 11.6 Å². The first-order chi connectivity index (χ1) is 12.9. The lowest BCUT2D eigenvalue weighted by Crippen LogP contribution is -2.44. The van der Waals surface area contributed by atoms with Crippen molar-refractivity contribution in [2.24, 2.45) is 5.92 Å². The number of aromatic nitrogens is 2. The van der Waals surface area contributed by atoms with Gasteiger partial charge in [-0.1, -0.05) is 17.7 Å². The van der Waals surface area contributed by atoms with Crippen LogP contribution in [0.5, 0.6) is 0 Å². The molecule has 1 N–H and O–H groups in total. The van der Waals surface area contributed by atoms with Crippen molar-refractivity contribution in [2.75, 3.05) is 18.0 Å². The summed E-state index contributed by atoms with van der Waals surface area (Å²) in [5.74, 6) is -0.654. The van der Waals surface area contributed by atoms with Crippen LogP contribution in [-0.2, 0) is 11.2 Å². The van der Waals surface area contributed by atoms with Gasteiger partial charge >= 0.3 is 0 Å². The summed E-state index contributed by atoms with van der Waals surface area (Å²) in [6, 6.07) is 6.91. The summed E-state index contributed by atoms with van der Waals surface area (Å²) in [5, 5.41) is 11.1. The number of nitrogens with zero attached hydrogens (tertiary/aromatic N) is 3. The molecule has 5 nitrogen and oxygen atoms in total. The second-order valence-corrected chi connectivity index (χ2v) is 7.18. The Hall–Kier alpha value is -2.28. The lowest BCUT2D eigenvalue weighted by Gasteiger charge is -2.32. The molecule has 0 saturated carbocycles. The maximum Gasteiger partial charge on any atom is 0.223 e. The molecule has 1 fully saturated rings. The standard InChI is InChI=1S/C19H21ClF2N4O/c1-12(11-14-15(21)3-2-4-16(14)22)23-19(27)13-7-9-26(10-8-13)18-6-5-17(20)24-25-18/h2-6,12-13H,7-11H2,1H3,(H,23,27)/t12-/m1/s1. The van der Waals surface area contributed by atoms with Crippen molar-refractivity contribution in [1.29, 1.82) is 0 Å². The van der Waals surface area contributed by atoms with Gasteiger partial charge in [-0.15, -0.1) is 10.2 Å². The van der Waals surface area contributed by atoms with Crippen LogP contribution in [0.2, 0.25) is 5.15 Å². The Labute approximate surface area is 161 Å². The molecule has 1 atom stereocenters. The van der Waals surface area contributed by atoms with E-state index in [0.29, 0.717) is 31.1 Å². The number of carbonyl (C=O) groups excluding carboxylic acids is 1. The van der Waals surface area contributed by atoms with Crippen LogP contribution < -0.4 is 10.2 Å². The smallest absolute Gasteiger partial charge is 0.223 e. The zero-order valence-electron chi connectivity index (χ0n) is 15.0. The van der Waals surface area contributed by atoms with Gasteiger partial charge in [0, 0.05) is 30.6 Å². The minimum absolute atomic E-state index is 0.00133. The number of hydrogen-bond donors (Lipinski definition) is 1. The van der Waals surface area contributed by atoms with Crippen molar-refractivity contribution in [3.63, 3.8) is 0 Å². The molecule has 1 aromatic carbocycles. The van der Waals surface area contributed by atoms with Crippen LogP contribution in [0.1, 0.15) is 25.3 Å². The molecule has 0 aliphatic carbocycles. The third kappa shape index (κ3) is 4.91. The Morgan fingerprint density at radius 1 is 1.22 bits per heavy atom. The molecule has 2 aromatic rings. The monoisotopic (exact) mass is 394 g/mol. The van der Waals surface area contributed by atoms with E-state index in [4.69, 9.17) is 11.6 Å². The predicted octanol–water partition coefficient (Wildman–Crippen LogP) is 3.37. The van der Waals surface area contributed by atoms with E-state index in [1.165, 1.54) is 18.2 Å². The van der Waals surface area contributed by atoms with E-state index in [0.717, 1.165) is 5.82 Å². The first kappa shape index (κ1) is 19.5. The second-order valence-electron chi connectivity index (χ2n) is 6.79. The van der Waals surface area contributed by atoms with Crippen LogP contribution in [0.3, 0.4) is 0 Å². The molecule has 1 saturated heterocycles. The Bertz CT molecular complexity index is 775. The molecule has 1 amide bonds. The molecule has 1 aromatic heterocycles. The van der Waals surface area contributed by atoms with Gasteiger partial charge in [0.2, 0.25) is 5.91 Å². The Balaban J connectivity index is 1.51. The Morgan fingerprint density at radius 3 is 2.48 bits per heavy atom. The largest absolute Gasteiger partial charge is 0.355 e. The Kier molecular flexibility index (Phi) is 6.21. The number of carbonyl (C=O) groups is 1. The summed E-state index contributed by atoms with van der Waals surface area (Å²) < 4.78 is 27.5. The minimum Gasteiger partial charge on any atom is -0.355 e. The first-order valence-electron chi connectivity index (χ1n) is 8.91. The molecule has 2 heterocycles. The van der Waals surface area contributed by atoms with Crippen molar-refractivity contribution >= 4 is 23.3 Å². The maximum atomic E-state index is 13.8. The van der Waals surface area contributed by atoms with Crippen LogP contribution in [0.25, 0.3) is 0 Å². The number of benzene rings is 1. The van der Waals surface area contributed by atoms with E-state index in [-0.39, 0.29) is 29.9 Å². The van der Waals surface area contributed by atoms with E-state index in [2.05, 4.69) is 20.4 Å². The summed E-state index contributed by atoms with van der Waals surface area (Å²) >= 11 is 5.75. The van der Waals surface area contributed by atoms with E-state index < -0.39 is 11.6 Å². The number of amides is 1. The highest BCUT2D eigenvalue weighted by Crippen LogP contribution is 2.22. The maximum absolute atomic E-state index is 13.8. The normalized spacial score (nSPS) is 16.2. The van der Waals surface area contributed by atoms with Gasteiger partial charge in [-0.3, -0.25) is 4.79 Å². The molecule has 1 aliphatic rings. The van der Waals surface area contributed by atoms with Crippen LogP contribution in [0, 0.1) is 17.6 Å². The van der Waals surface area contributed by atoms with Gasteiger partial charge in [0.25, 0.3) is 0 Å². The van der Waals surface area contributed by atoms with E-state index in [1.807, 2.05) is 0 Å². The summed E-state index contributed by atoms with van der Waals surface area (Å²) in [6.45, 7) is 3.12. The fourth-order valence-corrected chi connectivity index (χ4v) is 3.39. The quantitative estimate of drug-likeness (QED) is 0.844. The van der Waals surface area contributed by atoms with Crippen molar-refractivity contribution in [3.8, 4) is 0 Å². The number of nitrogens with one attached hydrogen (secondary N) is 1. The van der Waals surface area contributed by atoms with Gasteiger partial charge in [-0.25, -0.2) is 8.78 Å². The van der Waals surface area contributed by atoms with Crippen molar-refractivity contribution in [2.45, 2.75) is 32.2 Å². The fourth-order valence-electron chi connectivity index (χ4n) is 3.29. The van der Waals surface area contributed by atoms with E-state index in [1.54, 1.807) is 19.1 Å². The van der Waals surface area contributed by atoms with Crippen LogP contribution in [-0.4, -0.2) is 35.2 Å². The molecule has 0 radical (unpaired) electrons. The molecular formula is C19H21ClF2N4O. The van der Waals surface area contributed by atoms with Crippen molar-refractivity contribution in [1.82, 2.24) is 15.5 Å². The van der Waals surface area contributed by atoms with Crippen LogP contribution in [0.4, 0.5) is 14.6 Å². The average Bonchev–Trinajstić information content (AvgIpc) is 2.65. The number of anilines is 1. The molecular weight excluding hydrogens is 374 g/mol. The molecule has 8 heteroatoms. The van der Waals surface area contributed by atoms with Crippen LogP contribution in [0.15, 0.2) is 30.3 Å². The highest BCUT2D eigenvalue weighted by Gasteiger charge is 2.27. The van der Waals surface area contributed by atoms with Gasteiger partial charge in [-0.05, 0) is 50.5 Å². The zero-order chi connectivity index (χ0) is 19.4. The van der Waals surface area contributed by atoms with Crippen molar-refractivity contribution in [3.05, 3.63) is 52.7 Å². The summed E-state index contributed by atoms with van der Waals surface area (Å²) in [5.41, 5.74) is 0.00133. The Morgan fingerprint density at radius 2 is 1.89 bits per heavy atom. The number of halogens is 3. The topological polar surface area (TPSA) is 58.1 Å². The second kappa shape index (κ2) is 8.61. The third-order valence-electron chi connectivity index (χ3n) is 4.77. The summed E-state index contributed by atoms with van der Waals surface area (Å²) in [6.07, 6.45) is 1.47. The number of piperidine rings is 1. The highest BCUT2D eigenvalue weighted by molar-refractivity contribution is 6.29. The lowest BCUT2D eigenvalue weighted by molar-refractivity contribution is -0.126. The van der Waals surface area contributed by atoms with E-state index in [9.17, 15) is 13.6 Å². The molecule has 0 bridgehead atoms. The molecule has 3 rings (SSSR count). The van der Waals surface area contributed by atoms with Gasteiger partial charge in [0.15, 0.2) is 11.0 Å². The molecule has 27 heavy (non-hydrogen) atoms. The summed E-state index contributed by atoms with van der Waals surface area (Å²) in [7, 11) is 0. The predicted molar refractivity (Wildman–Crippen MR) is 99.6 cm³/mol. The van der Waals surface area contributed by atoms with Gasteiger partial charge in [0.1, 0.15) is 11.6 Å². The van der Waals surface area contributed by atoms with E-state index >= 15 is 0 Å². The summed E-state index contributed by atoms with van der Waals surface area (Å²) in [4.78, 5) is 14.6. The lowest BCUT2D eigenvalue weighted by atomic mass is 9.95. The zero-order valence-corrected chi connectivity index (χ0v) is 15.7. The molecule has 144 valence electrons. The molecule has 0 unspecified atom stereocenters. The fraction of sp³-hybridized carbons (Fsp3) is 0.421. The number of hydrogen-bond acceptors (Lipinski definition) is 4. The average molecular weight is 395 g/mol. The SMILES string of the molecule is C[C@H](Cc1c(F)cccc1F)NC(=O)C1CCN(c2ccc(Cl)nn2)CC1.